The summed E-state index contributed by atoms with van der Waals surface area (Å²) in [5.74, 6) is -1.01. The van der Waals surface area contributed by atoms with Crippen LogP contribution in [-0.4, -0.2) is 23.8 Å². The van der Waals surface area contributed by atoms with E-state index in [9.17, 15) is 14.4 Å². The van der Waals surface area contributed by atoms with Gasteiger partial charge in [-0.15, -0.1) is 11.3 Å². The number of hydrogen-bond donors (Lipinski definition) is 1. The molecule has 0 unspecified atom stereocenters. The van der Waals surface area contributed by atoms with Crippen molar-refractivity contribution in [1.29, 1.82) is 0 Å². The number of fused-ring (bicyclic) bond motifs is 1. The fourth-order valence-electron chi connectivity index (χ4n) is 3.10. The van der Waals surface area contributed by atoms with Crippen LogP contribution >= 0.6 is 11.3 Å². The summed E-state index contributed by atoms with van der Waals surface area (Å²) in [6.07, 6.45) is 2.00. The minimum Gasteiger partial charge on any atom is -0.448 e. The van der Waals surface area contributed by atoms with Crippen molar-refractivity contribution in [3.8, 4) is 0 Å². The van der Waals surface area contributed by atoms with Gasteiger partial charge in [0.15, 0.2) is 11.9 Å². The van der Waals surface area contributed by atoms with Crippen molar-refractivity contribution >= 4 is 29.0 Å². The Bertz CT molecular complexity index is 842. The lowest BCUT2D eigenvalue weighted by molar-refractivity contribution is -0.130. The van der Waals surface area contributed by atoms with Crippen LogP contribution in [0.15, 0.2) is 36.4 Å². The van der Waals surface area contributed by atoms with Crippen molar-refractivity contribution < 1.29 is 19.1 Å². The number of aryl methyl sites for hydroxylation is 1. The summed E-state index contributed by atoms with van der Waals surface area (Å²) in [5.41, 5.74) is 2.39. The highest BCUT2D eigenvalue weighted by Crippen LogP contribution is 2.29. The zero-order chi connectivity index (χ0) is 18.7. The van der Waals surface area contributed by atoms with E-state index in [-0.39, 0.29) is 17.7 Å². The third-order valence-corrected chi connectivity index (χ3v) is 5.66. The molecule has 1 aromatic heterocycles. The summed E-state index contributed by atoms with van der Waals surface area (Å²) in [6, 6.07) is 11.2. The summed E-state index contributed by atoms with van der Waals surface area (Å²) in [6.45, 7) is 3.00. The summed E-state index contributed by atoms with van der Waals surface area (Å²) in [4.78, 5) is 36.8. The maximum absolute atomic E-state index is 12.5. The molecule has 0 radical (unpaired) electrons. The van der Waals surface area contributed by atoms with Gasteiger partial charge in [-0.2, -0.15) is 0 Å². The van der Waals surface area contributed by atoms with Crippen LogP contribution in [0, 0.1) is 0 Å². The van der Waals surface area contributed by atoms with Gasteiger partial charge in [0, 0.05) is 0 Å². The molecule has 3 rings (SSSR count). The molecule has 0 aliphatic heterocycles. The maximum Gasteiger partial charge on any atom is 0.349 e. The Hall–Kier alpha value is -2.47. The zero-order valence-electron chi connectivity index (χ0n) is 14.8. The molecule has 1 heterocycles. The molecule has 0 spiro atoms. The fourth-order valence-corrected chi connectivity index (χ4v) is 3.89. The number of esters is 1. The van der Waals surface area contributed by atoms with Gasteiger partial charge in [-0.25, -0.2) is 4.79 Å². The number of amides is 1. The smallest absolute Gasteiger partial charge is 0.349 e. The lowest BCUT2D eigenvalue weighted by Crippen LogP contribution is -2.39. The van der Waals surface area contributed by atoms with Crippen molar-refractivity contribution in [3.05, 3.63) is 57.3 Å². The Labute approximate surface area is 156 Å². The summed E-state index contributed by atoms with van der Waals surface area (Å²) in [5, 5.41) is 2.99. The minimum atomic E-state index is -0.903. The Morgan fingerprint density at radius 1 is 1.15 bits per heavy atom. The van der Waals surface area contributed by atoms with E-state index in [1.165, 1.54) is 12.5 Å². The molecule has 0 saturated carbocycles. The average Bonchev–Trinajstić information content (AvgIpc) is 3.12. The van der Waals surface area contributed by atoms with E-state index in [1.807, 2.05) is 18.2 Å². The Balaban J connectivity index is 1.61. The molecule has 5 nitrogen and oxygen atoms in total. The number of thiophene rings is 1. The number of carbonyl (C=O) groups excluding carboxylic acids is 3. The minimum absolute atomic E-state index is 0.0559. The highest BCUT2D eigenvalue weighted by molar-refractivity contribution is 7.15. The molecule has 0 fully saturated rings. The SMILES string of the molecule is CC(=O)c1ccc(C(=O)O[C@@H](C)C(=O)N[C@H]2CCCc3ccccc32)s1. The second-order valence-electron chi connectivity index (χ2n) is 6.42. The molecule has 2 aromatic rings. The third-order valence-electron chi connectivity index (χ3n) is 4.49. The predicted molar refractivity (Wildman–Crippen MR) is 99.5 cm³/mol. The van der Waals surface area contributed by atoms with Gasteiger partial charge < -0.3 is 10.1 Å². The van der Waals surface area contributed by atoms with Crippen LogP contribution in [0.1, 0.15) is 63.2 Å². The fraction of sp³-hybridized carbons (Fsp3) is 0.350. The van der Waals surface area contributed by atoms with Gasteiger partial charge in [0.2, 0.25) is 0 Å². The predicted octanol–water partition coefficient (Wildman–Crippen LogP) is 3.69. The molecular formula is C20H21NO4S. The largest absolute Gasteiger partial charge is 0.448 e. The highest BCUT2D eigenvalue weighted by Gasteiger charge is 2.26. The summed E-state index contributed by atoms with van der Waals surface area (Å²) >= 11 is 1.07. The number of hydrogen-bond acceptors (Lipinski definition) is 5. The average molecular weight is 371 g/mol. The number of Topliss-reactive ketones (excluding diaryl/α,β-unsaturated/α-hetero) is 1. The van der Waals surface area contributed by atoms with Gasteiger partial charge in [0.05, 0.1) is 10.9 Å². The van der Waals surface area contributed by atoms with Crippen molar-refractivity contribution in [3.63, 3.8) is 0 Å². The van der Waals surface area contributed by atoms with E-state index in [0.29, 0.717) is 9.75 Å². The first-order valence-electron chi connectivity index (χ1n) is 8.65. The molecule has 6 heteroatoms. The molecule has 136 valence electrons. The Morgan fingerprint density at radius 3 is 2.62 bits per heavy atom. The van der Waals surface area contributed by atoms with E-state index in [1.54, 1.807) is 19.1 Å². The Morgan fingerprint density at radius 2 is 1.88 bits per heavy atom. The number of ketones is 1. The molecule has 1 aliphatic carbocycles. The van der Waals surface area contributed by atoms with Crippen molar-refractivity contribution in [2.24, 2.45) is 0 Å². The lowest BCUT2D eigenvalue weighted by atomic mass is 9.87. The van der Waals surface area contributed by atoms with Crippen molar-refractivity contribution in [2.75, 3.05) is 0 Å². The first-order valence-corrected chi connectivity index (χ1v) is 9.47. The lowest BCUT2D eigenvalue weighted by Gasteiger charge is -2.27. The van der Waals surface area contributed by atoms with Crippen LogP contribution < -0.4 is 5.32 Å². The monoisotopic (exact) mass is 371 g/mol. The second-order valence-corrected chi connectivity index (χ2v) is 7.50. The van der Waals surface area contributed by atoms with Crippen molar-refractivity contribution in [2.45, 2.75) is 45.3 Å². The van der Waals surface area contributed by atoms with Gasteiger partial charge in [0.25, 0.3) is 5.91 Å². The number of nitrogens with one attached hydrogen (secondary N) is 1. The standard InChI is InChI=1S/C20H21NO4S/c1-12(22)17-10-11-18(26-17)20(24)25-13(2)19(23)21-16-9-5-7-14-6-3-4-8-15(14)16/h3-4,6,8,10-11,13,16H,5,7,9H2,1-2H3,(H,21,23)/t13-,16-/m0/s1. The van der Waals surface area contributed by atoms with Crippen LogP contribution in [0.2, 0.25) is 0 Å². The molecule has 1 aliphatic rings. The van der Waals surface area contributed by atoms with Crippen molar-refractivity contribution in [1.82, 2.24) is 5.32 Å². The third kappa shape index (κ3) is 4.02. The number of ether oxygens (including phenoxy) is 1. The van der Waals surface area contributed by atoms with E-state index < -0.39 is 12.1 Å². The van der Waals surface area contributed by atoms with Crippen LogP contribution in [0.4, 0.5) is 0 Å². The Kier molecular flexibility index (Phi) is 5.52. The van der Waals surface area contributed by atoms with Gasteiger partial charge in [-0.1, -0.05) is 24.3 Å². The summed E-state index contributed by atoms with van der Waals surface area (Å²) in [7, 11) is 0. The molecular weight excluding hydrogens is 350 g/mol. The maximum atomic E-state index is 12.5. The molecule has 0 saturated heterocycles. The normalized spacial score (nSPS) is 17.1. The number of benzene rings is 1. The van der Waals surface area contributed by atoms with Crippen LogP contribution in [-0.2, 0) is 16.0 Å². The molecule has 1 aromatic carbocycles. The molecule has 0 bridgehead atoms. The van der Waals surface area contributed by atoms with Crippen LogP contribution in [0.25, 0.3) is 0 Å². The number of carbonyl (C=O) groups is 3. The van der Waals surface area contributed by atoms with Gasteiger partial charge >= 0.3 is 5.97 Å². The van der Waals surface area contributed by atoms with Gasteiger partial charge in [0.1, 0.15) is 4.88 Å². The molecule has 1 amide bonds. The van der Waals surface area contributed by atoms with Crippen LogP contribution in [0.3, 0.4) is 0 Å². The molecule has 1 N–H and O–H groups in total. The topological polar surface area (TPSA) is 72.5 Å². The van der Waals surface area contributed by atoms with E-state index >= 15 is 0 Å². The molecule has 26 heavy (non-hydrogen) atoms. The first-order chi connectivity index (χ1) is 12.5. The van der Waals surface area contributed by atoms with Gasteiger partial charge in [-0.3, -0.25) is 9.59 Å². The zero-order valence-corrected chi connectivity index (χ0v) is 15.6. The summed E-state index contributed by atoms with van der Waals surface area (Å²) < 4.78 is 5.27. The van der Waals surface area contributed by atoms with Gasteiger partial charge in [-0.05, 0) is 56.4 Å². The first kappa shape index (κ1) is 18.3. The van der Waals surface area contributed by atoms with E-state index in [0.717, 1.165) is 36.2 Å². The second kappa shape index (κ2) is 7.83. The highest BCUT2D eigenvalue weighted by atomic mass is 32.1. The quantitative estimate of drug-likeness (QED) is 0.643. The van der Waals surface area contributed by atoms with E-state index in [2.05, 4.69) is 11.4 Å². The van der Waals surface area contributed by atoms with E-state index in [4.69, 9.17) is 4.74 Å². The molecule has 2 atom stereocenters. The number of rotatable bonds is 5. The van der Waals surface area contributed by atoms with Crippen LogP contribution in [0.5, 0.6) is 0 Å².